The van der Waals surface area contributed by atoms with Crippen LogP contribution in [0.15, 0.2) is 10.9 Å². The summed E-state index contributed by atoms with van der Waals surface area (Å²) in [7, 11) is -2.12. The minimum absolute atomic E-state index is 0.000162. The SMILES string of the molecule is CC[Si](CC)(CC)C1=C2N(C(=O)OC(C)(C)C)CC[C@H]3O[C@@]23[C@@H]([C@H](C)O)C1=O. The van der Waals surface area contributed by atoms with Crippen molar-refractivity contribution in [3.8, 4) is 0 Å². The van der Waals surface area contributed by atoms with E-state index in [1.165, 1.54) is 0 Å². The summed E-state index contributed by atoms with van der Waals surface area (Å²) in [4.78, 5) is 28.4. The molecule has 4 atom stereocenters. The van der Waals surface area contributed by atoms with Crippen molar-refractivity contribution >= 4 is 20.0 Å². The molecule has 1 amide bonds. The molecule has 0 aromatic carbocycles. The number of Topliss-reactive ketones (excluding diaryl/α,β-unsaturated/α-hetero) is 1. The van der Waals surface area contributed by atoms with Gasteiger partial charge in [-0.05, 0) is 34.1 Å². The predicted octanol–water partition coefficient (Wildman–Crippen LogP) is 3.65. The molecule has 0 aromatic heterocycles. The fourth-order valence-corrected chi connectivity index (χ4v) is 9.41. The molecular weight excluding hydrogens is 374 g/mol. The second kappa shape index (κ2) is 6.95. The summed E-state index contributed by atoms with van der Waals surface area (Å²) in [5.74, 6) is -0.621. The summed E-state index contributed by atoms with van der Waals surface area (Å²) in [6, 6.07) is 2.79. The van der Waals surface area contributed by atoms with Crippen molar-refractivity contribution in [3.05, 3.63) is 10.9 Å². The molecular formula is C21H35NO5Si. The largest absolute Gasteiger partial charge is 0.443 e. The standard InChI is InChI=1S/C21H35NO5Si/c1-8-28(9-2,10-3)17-16(24)15(13(4)23)21-14(26-21)11-12-22(18(17)21)19(25)27-20(5,6)7/h13-15,23H,8-12H2,1-7H3/t13-,14+,15-,21-/m0/s1. The Morgan fingerprint density at radius 2 is 1.89 bits per heavy atom. The minimum Gasteiger partial charge on any atom is -0.443 e. The molecule has 7 heteroatoms. The highest BCUT2D eigenvalue weighted by atomic mass is 28.3. The number of hydrogen-bond acceptors (Lipinski definition) is 5. The first-order valence-corrected chi connectivity index (χ1v) is 13.3. The highest BCUT2D eigenvalue weighted by Crippen LogP contribution is 2.62. The molecule has 1 spiro atoms. The third kappa shape index (κ3) is 2.97. The van der Waals surface area contributed by atoms with E-state index in [1.807, 2.05) is 20.8 Å². The highest BCUT2D eigenvalue weighted by molar-refractivity contribution is 6.90. The maximum atomic E-state index is 13.7. The van der Waals surface area contributed by atoms with Crippen LogP contribution in [0, 0.1) is 5.92 Å². The summed E-state index contributed by atoms with van der Waals surface area (Å²) in [6.45, 7) is 14.1. The lowest BCUT2D eigenvalue weighted by Gasteiger charge is -2.36. The Hall–Kier alpha value is -1.18. The Labute approximate surface area is 169 Å². The number of carbonyl (C=O) groups is 2. The van der Waals surface area contributed by atoms with Crippen LogP contribution in [0.25, 0.3) is 0 Å². The van der Waals surface area contributed by atoms with Crippen molar-refractivity contribution in [2.24, 2.45) is 5.92 Å². The molecule has 1 N–H and O–H groups in total. The quantitative estimate of drug-likeness (QED) is 0.554. The van der Waals surface area contributed by atoms with Gasteiger partial charge >= 0.3 is 6.09 Å². The van der Waals surface area contributed by atoms with Crippen molar-refractivity contribution in [1.82, 2.24) is 4.90 Å². The zero-order chi connectivity index (χ0) is 21.1. The van der Waals surface area contributed by atoms with E-state index in [4.69, 9.17) is 9.47 Å². The Morgan fingerprint density at radius 1 is 1.32 bits per heavy atom. The number of piperidine rings is 1. The van der Waals surface area contributed by atoms with E-state index >= 15 is 0 Å². The Bertz CT molecular complexity index is 698. The molecule has 3 rings (SSSR count). The molecule has 0 saturated carbocycles. The van der Waals surface area contributed by atoms with E-state index in [0.717, 1.165) is 29.0 Å². The fraction of sp³-hybridized carbons (Fsp3) is 0.810. The van der Waals surface area contributed by atoms with Gasteiger partial charge in [-0.1, -0.05) is 38.9 Å². The summed E-state index contributed by atoms with van der Waals surface area (Å²) in [5, 5.41) is 11.3. The first kappa shape index (κ1) is 21.5. The van der Waals surface area contributed by atoms with Crippen molar-refractivity contribution in [3.63, 3.8) is 0 Å². The zero-order valence-corrected chi connectivity index (χ0v) is 19.3. The van der Waals surface area contributed by atoms with Gasteiger partial charge < -0.3 is 14.6 Å². The average molecular weight is 410 g/mol. The van der Waals surface area contributed by atoms with Crippen LogP contribution in [-0.2, 0) is 14.3 Å². The summed E-state index contributed by atoms with van der Waals surface area (Å²) < 4.78 is 11.8. The Kier molecular flexibility index (Phi) is 5.35. The van der Waals surface area contributed by atoms with Gasteiger partial charge in [0.15, 0.2) is 5.78 Å². The number of likely N-dealkylation sites (tertiary alicyclic amines) is 1. The lowest BCUT2D eigenvalue weighted by atomic mass is 9.83. The average Bonchev–Trinajstić information content (AvgIpc) is 3.26. The number of carbonyl (C=O) groups excluding carboxylic acids is 2. The highest BCUT2D eigenvalue weighted by Gasteiger charge is 2.75. The molecule has 6 nitrogen and oxygen atoms in total. The van der Waals surface area contributed by atoms with Crippen LogP contribution >= 0.6 is 0 Å². The first-order chi connectivity index (χ1) is 13.0. The number of amides is 1. The summed E-state index contributed by atoms with van der Waals surface area (Å²) in [5.41, 5.74) is -0.730. The first-order valence-electron chi connectivity index (χ1n) is 10.6. The third-order valence-electron chi connectivity index (χ3n) is 6.90. The molecule has 2 heterocycles. The van der Waals surface area contributed by atoms with Crippen molar-refractivity contribution < 1.29 is 24.2 Å². The van der Waals surface area contributed by atoms with E-state index in [9.17, 15) is 14.7 Å². The smallest absolute Gasteiger partial charge is 0.414 e. The van der Waals surface area contributed by atoms with Gasteiger partial charge in [0, 0.05) is 11.7 Å². The number of allylic oxidation sites excluding steroid dienone is 1. The molecule has 0 aromatic rings. The topological polar surface area (TPSA) is 79.4 Å². The van der Waals surface area contributed by atoms with E-state index in [-0.39, 0.29) is 11.9 Å². The zero-order valence-electron chi connectivity index (χ0n) is 18.3. The van der Waals surface area contributed by atoms with Crippen LogP contribution in [0.2, 0.25) is 18.1 Å². The van der Waals surface area contributed by atoms with Gasteiger partial charge in [0.05, 0.1) is 31.9 Å². The van der Waals surface area contributed by atoms with Crippen molar-refractivity contribution in [2.45, 2.75) is 96.4 Å². The molecule has 1 aliphatic carbocycles. The summed E-state index contributed by atoms with van der Waals surface area (Å²) >= 11 is 0. The van der Waals surface area contributed by atoms with E-state index < -0.39 is 37.4 Å². The molecule has 2 fully saturated rings. The number of epoxide rings is 1. The van der Waals surface area contributed by atoms with Crippen LogP contribution in [0.5, 0.6) is 0 Å². The van der Waals surface area contributed by atoms with Gasteiger partial charge in [-0.2, -0.15) is 0 Å². The molecule has 0 bridgehead atoms. The normalized spacial score (nSPS) is 30.9. The molecule has 0 unspecified atom stereocenters. The lowest BCUT2D eigenvalue weighted by Crippen LogP contribution is -2.48. The van der Waals surface area contributed by atoms with Crippen LogP contribution in [0.1, 0.15) is 54.9 Å². The predicted molar refractivity (Wildman–Crippen MR) is 110 cm³/mol. The van der Waals surface area contributed by atoms with Crippen LogP contribution in [-0.4, -0.2) is 59.9 Å². The lowest BCUT2D eigenvalue weighted by molar-refractivity contribution is -0.122. The van der Waals surface area contributed by atoms with Crippen LogP contribution in [0.3, 0.4) is 0 Å². The van der Waals surface area contributed by atoms with Gasteiger partial charge in [-0.3, -0.25) is 9.69 Å². The number of rotatable bonds is 5. The molecule has 28 heavy (non-hydrogen) atoms. The van der Waals surface area contributed by atoms with Crippen molar-refractivity contribution in [2.75, 3.05) is 6.54 Å². The number of aliphatic hydroxyl groups excluding tert-OH is 1. The van der Waals surface area contributed by atoms with Crippen LogP contribution < -0.4 is 0 Å². The number of ketones is 1. The molecule has 2 aliphatic heterocycles. The number of nitrogens with zero attached hydrogens (tertiary/aromatic N) is 1. The van der Waals surface area contributed by atoms with Gasteiger partial charge in [-0.15, -0.1) is 0 Å². The minimum atomic E-state index is -2.12. The molecule has 2 saturated heterocycles. The second-order valence-electron chi connectivity index (χ2n) is 9.47. The molecule has 158 valence electrons. The number of hydrogen-bond donors (Lipinski definition) is 1. The maximum Gasteiger partial charge on any atom is 0.414 e. The molecule has 0 radical (unpaired) electrons. The Balaban J connectivity index is 2.19. The molecule has 3 aliphatic rings. The monoisotopic (exact) mass is 409 g/mol. The maximum absolute atomic E-state index is 13.7. The van der Waals surface area contributed by atoms with Gasteiger partial charge in [0.1, 0.15) is 11.2 Å². The summed E-state index contributed by atoms with van der Waals surface area (Å²) in [6.07, 6.45) is -0.676. The van der Waals surface area contributed by atoms with E-state index in [1.54, 1.807) is 11.8 Å². The van der Waals surface area contributed by atoms with Crippen molar-refractivity contribution in [1.29, 1.82) is 0 Å². The fourth-order valence-electron chi connectivity index (χ4n) is 5.34. The number of aliphatic hydroxyl groups is 1. The van der Waals surface area contributed by atoms with Gasteiger partial charge in [0.2, 0.25) is 0 Å². The van der Waals surface area contributed by atoms with E-state index in [0.29, 0.717) is 13.0 Å². The van der Waals surface area contributed by atoms with Gasteiger partial charge in [-0.25, -0.2) is 4.79 Å². The van der Waals surface area contributed by atoms with Gasteiger partial charge in [0.25, 0.3) is 0 Å². The Morgan fingerprint density at radius 3 is 2.36 bits per heavy atom. The third-order valence-corrected chi connectivity index (χ3v) is 12.5. The number of ether oxygens (including phenoxy) is 2. The van der Waals surface area contributed by atoms with Crippen LogP contribution in [0.4, 0.5) is 4.79 Å². The second-order valence-corrected chi connectivity index (χ2v) is 14.6. The van der Waals surface area contributed by atoms with E-state index in [2.05, 4.69) is 20.8 Å².